The number of rotatable bonds is 6. The van der Waals surface area contributed by atoms with E-state index in [0.717, 1.165) is 34.5 Å². The second kappa shape index (κ2) is 9.10. The lowest BCUT2D eigenvalue weighted by molar-refractivity contribution is -0.255. The van der Waals surface area contributed by atoms with Crippen molar-refractivity contribution in [3.8, 4) is 11.5 Å². The fraction of sp³-hybridized carbons (Fsp3) is 0.300. The predicted molar refractivity (Wildman–Crippen MR) is 113 cm³/mol. The Kier molecular flexibility index (Phi) is 6.84. The van der Waals surface area contributed by atoms with Gasteiger partial charge in [0, 0.05) is 11.7 Å². The van der Waals surface area contributed by atoms with Crippen molar-refractivity contribution in [2.45, 2.75) is 42.9 Å². The second-order valence-corrected chi connectivity index (χ2v) is 8.74. The quantitative estimate of drug-likeness (QED) is 0.300. The molecule has 1 amide bonds. The van der Waals surface area contributed by atoms with Gasteiger partial charge >= 0.3 is 18.4 Å². The minimum atomic E-state index is -5.09. The van der Waals surface area contributed by atoms with Crippen LogP contribution in [0.5, 0.6) is 11.5 Å². The zero-order chi connectivity index (χ0) is 23.7. The Balaban J connectivity index is 1.72. The monoisotopic (exact) mass is 492 g/mol. The maximum absolute atomic E-state index is 13.4. The Morgan fingerprint density at radius 3 is 2.31 bits per heavy atom. The van der Waals surface area contributed by atoms with Gasteiger partial charge in [-0.25, -0.2) is 9.78 Å². The minimum absolute atomic E-state index is 0.00338. The molecular weight excluding hydrogens is 475 g/mol. The van der Waals surface area contributed by atoms with Crippen molar-refractivity contribution in [3.05, 3.63) is 42.5 Å². The number of hydrogen-bond donors (Lipinski definition) is 1. The molecule has 0 bridgehead atoms. The van der Waals surface area contributed by atoms with Crippen LogP contribution in [0, 0.1) is 0 Å². The number of alkyl halides is 5. The van der Waals surface area contributed by atoms with Crippen LogP contribution in [0.2, 0.25) is 0 Å². The molecule has 0 spiro atoms. The van der Waals surface area contributed by atoms with Crippen LogP contribution in [-0.4, -0.2) is 29.4 Å². The topological polar surface area (TPSA) is 51.7 Å². The van der Waals surface area contributed by atoms with Crippen molar-refractivity contribution in [1.29, 1.82) is 0 Å². The minimum Gasteiger partial charge on any atom is -0.432 e. The fourth-order valence-corrected chi connectivity index (χ4v) is 3.97. The summed E-state index contributed by atoms with van der Waals surface area (Å²) in [6.07, 6.45) is -12.7. The molecule has 0 saturated carbocycles. The van der Waals surface area contributed by atoms with E-state index in [4.69, 9.17) is 4.74 Å². The van der Waals surface area contributed by atoms with Crippen LogP contribution >= 0.6 is 24.0 Å². The van der Waals surface area contributed by atoms with Gasteiger partial charge in [-0.1, -0.05) is 0 Å². The van der Waals surface area contributed by atoms with E-state index in [9.17, 15) is 26.7 Å². The molecule has 1 heterocycles. The molecule has 2 aromatic carbocycles. The molecule has 3 rings (SSSR count). The lowest BCUT2D eigenvalue weighted by Gasteiger charge is -2.26. The van der Waals surface area contributed by atoms with Crippen LogP contribution in [0.3, 0.4) is 0 Å². The number of fused-ring (bicyclic) bond motifs is 1. The molecule has 0 aliphatic heterocycles. The van der Waals surface area contributed by atoms with Crippen molar-refractivity contribution in [3.63, 3.8) is 0 Å². The van der Waals surface area contributed by atoms with Gasteiger partial charge in [-0.05, 0) is 56.3 Å². The summed E-state index contributed by atoms with van der Waals surface area (Å²) in [6.45, 7) is 3.56. The third-order valence-corrected chi connectivity index (χ3v) is 5.25. The molecule has 0 unspecified atom stereocenters. The number of halogens is 5. The summed E-state index contributed by atoms with van der Waals surface area (Å²) in [5.74, 6) is -0.498. The molecule has 0 aliphatic rings. The molecule has 172 valence electrons. The maximum Gasteiger partial charge on any atom is 0.419 e. The number of thiol groups is 1. The summed E-state index contributed by atoms with van der Waals surface area (Å²) in [5.41, 5.74) is 1.29. The number of nitrogens with zero attached hydrogens (tertiary/aromatic N) is 2. The molecule has 0 fully saturated rings. The molecule has 32 heavy (non-hydrogen) atoms. The molecule has 0 aliphatic carbocycles. The lowest BCUT2D eigenvalue weighted by atomic mass is 10.2. The normalized spacial score (nSPS) is 12.3. The summed E-state index contributed by atoms with van der Waals surface area (Å²) in [7, 11) is 0. The zero-order valence-electron chi connectivity index (χ0n) is 16.7. The van der Waals surface area contributed by atoms with Crippen LogP contribution in [0.1, 0.15) is 20.3 Å². The third kappa shape index (κ3) is 6.22. The summed E-state index contributed by atoms with van der Waals surface area (Å²) in [4.78, 5) is 18.4. The summed E-state index contributed by atoms with van der Waals surface area (Å²) >= 11 is 5.57. The van der Waals surface area contributed by atoms with Crippen LogP contribution < -0.4 is 14.4 Å². The Morgan fingerprint density at radius 2 is 1.72 bits per heavy atom. The fourth-order valence-electron chi connectivity index (χ4n) is 2.83. The summed E-state index contributed by atoms with van der Waals surface area (Å²) in [6, 6.07) is 9.21. The first-order valence-electron chi connectivity index (χ1n) is 9.17. The van der Waals surface area contributed by atoms with Crippen LogP contribution in [-0.2, 0) is 0 Å². The van der Waals surface area contributed by atoms with E-state index in [2.05, 4.69) is 22.3 Å². The van der Waals surface area contributed by atoms with Crippen molar-refractivity contribution in [1.82, 2.24) is 4.98 Å². The van der Waals surface area contributed by atoms with Crippen LogP contribution in [0.4, 0.5) is 32.4 Å². The lowest BCUT2D eigenvalue weighted by Crippen LogP contribution is -2.39. The zero-order valence-corrected chi connectivity index (χ0v) is 18.4. The Bertz CT molecular complexity index is 1100. The number of benzene rings is 2. The molecule has 1 aromatic heterocycles. The van der Waals surface area contributed by atoms with Crippen LogP contribution in [0.25, 0.3) is 10.2 Å². The highest BCUT2D eigenvalue weighted by Crippen LogP contribution is 2.34. The number of thiazole rings is 1. The highest BCUT2D eigenvalue weighted by molar-refractivity contribution is 7.82. The Labute approximate surface area is 189 Å². The van der Waals surface area contributed by atoms with Gasteiger partial charge in [0.25, 0.3) is 0 Å². The van der Waals surface area contributed by atoms with Gasteiger partial charge in [-0.15, -0.1) is 24.0 Å². The molecule has 3 aromatic rings. The third-order valence-electron chi connectivity index (χ3n) is 4.05. The van der Waals surface area contributed by atoms with Gasteiger partial charge in [0.1, 0.15) is 22.3 Å². The number of amides is 1. The molecule has 0 radical (unpaired) electrons. The number of carbonyl (C=O) groups is 1. The molecule has 5 nitrogen and oxygen atoms in total. The largest absolute Gasteiger partial charge is 0.432 e. The Morgan fingerprint density at radius 1 is 1.09 bits per heavy atom. The van der Waals surface area contributed by atoms with E-state index in [-0.39, 0.29) is 11.8 Å². The van der Waals surface area contributed by atoms with Crippen molar-refractivity contribution in [2.75, 3.05) is 4.90 Å². The maximum atomic E-state index is 13.4. The van der Waals surface area contributed by atoms with Crippen LogP contribution in [0.15, 0.2) is 46.8 Å². The first kappa shape index (κ1) is 24.1. The highest BCUT2D eigenvalue weighted by atomic mass is 32.2. The number of carbonyl (C=O) groups excluding carboxylic acids is 1. The first-order valence-corrected chi connectivity index (χ1v) is 10.4. The number of anilines is 1. The number of aromatic nitrogens is 1. The second-order valence-electron chi connectivity index (χ2n) is 6.98. The predicted octanol–water partition coefficient (Wildman–Crippen LogP) is 6.92. The molecule has 0 N–H and O–H groups in total. The van der Waals surface area contributed by atoms with E-state index in [1.165, 1.54) is 16.2 Å². The van der Waals surface area contributed by atoms with Gasteiger partial charge in [0.2, 0.25) is 0 Å². The van der Waals surface area contributed by atoms with Gasteiger partial charge in [0.15, 0.2) is 0 Å². The van der Waals surface area contributed by atoms with E-state index < -0.39 is 30.5 Å². The standard InChI is InChI=1S/C20H17F5N2O3S2/c1-11(2)27(12-3-8-15-16(9-12)32-17(31)26-15)18(28)29-13-4-6-14(7-5-13)30-20(24,25)10-19(21,22)23/h3-9,11H,10H2,1-2H3,(H,26,31). The smallest absolute Gasteiger partial charge is 0.419 e. The average molecular weight is 492 g/mol. The number of ether oxygens (including phenoxy) is 2. The van der Waals surface area contributed by atoms with Gasteiger partial charge in [-0.3, -0.25) is 4.90 Å². The van der Waals surface area contributed by atoms with Gasteiger partial charge in [-0.2, -0.15) is 22.0 Å². The summed E-state index contributed by atoms with van der Waals surface area (Å²) in [5, 5.41) is 0. The summed E-state index contributed by atoms with van der Waals surface area (Å²) < 4.78 is 74.2. The van der Waals surface area contributed by atoms with Gasteiger partial charge in [0.05, 0.1) is 10.2 Å². The molecular formula is C20H17F5N2O3S2. The van der Waals surface area contributed by atoms with E-state index in [0.29, 0.717) is 10.0 Å². The highest BCUT2D eigenvalue weighted by Gasteiger charge is 2.45. The van der Waals surface area contributed by atoms with Crippen molar-refractivity contribution < 1.29 is 36.2 Å². The molecule has 0 atom stereocenters. The van der Waals surface area contributed by atoms with E-state index in [1.54, 1.807) is 32.0 Å². The molecule has 0 saturated heterocycles. The van der Waals surface area contributed by atoms with Crippen molar-refractivity contribution in [2.24, 2.45) is 0 Å². The first-order chi connectivity index (χ1) is 14.8. The van der Waals surface area contributed by atoms with E-state index in [1.807, 2.05) is 0 Å². The van der Waals surface area contributed by atoms with E-state index >= 15 is 0 Å². The average Bonchev–Trinajstić information content (AvgIpc) is 3.00. The number of hydrogen-bond acceptors (Lipinski definition) is 6. The Hall–Kier alpha value is -2.60. The van der Waals surface area contributed by atoms with Crippen molar-refractivity contribution >= 4 is 46.0 Å². The van der Waals surface area contributed by atoms with Gasteiger partial charge < -0.3 is 9.47 Å². The SMILES string of the molecule is CC(C)N(C(=O)Oc1ccc(OC(F)(F)CC(F)(F)F)cc1)c1ccc2nc(S)sc2c1. The molecule has 12 heteroatoms.